The normalized spacial score (nSPS) is 16.1. The fourth-order valence-electron chi connectivity index (χ4n) is 1.86. The number of amides is 1. The van der Waals surface area contributed by atoms with Crippen LogP contribution in [0.4, 0.5) is 5.82 Å². The topological polar surface area (TPSA) is 73.4 Å². The van der Waals surface area contributed by atoms with E-state index in [-0.39, 0.29) is 12.5 Å². The Morgan fingerprint density at radius 3 is 3.19 bits per heavy atom. The number of fused-ring (bicyclic) bond motifs is 1. The lowest BCUT2D eigenvalue weighted by molar-refractivity contribution is -0.132. The van der Waals surface area contributed by atoms with Crippen LogP contribution < -0.4 is 5.73 Å². The number of ether oxygens (including phenoxy) is 1. The molecule has 1 aromatic heterocycles. The van der Waals surface area contributed by atoms with Crippen LogP contribution in [0.3, 0.4) is 0 Å². The van der Waals surface area contributed by atoms with Crippen molar-refractivity contribution in [1.29, 1.82) is 0 Å². The first-order valence-corrected chi connectivity index (χ1v) is 5.29. The molecule has 16 heavy (non-hydrogen) atoms. The summed E-state index contributed by atoms with van der Waals surface area (Å²) in [5, 5.41) is 4.09. The van der Waals surface area contributed by atoms with Crippen LogP contribution in [0.2, 0.25) is 0 Å². The fourth-order valence-corrected chi connectivity index (χ4v) is 1.86. The Labute approximate surface area is 94.0 Å². The van der Waals surface area contributed by atoms with Crippen molar-refractivity contribution in [2.45, 2.75) is 13.0 Å². The van der Waals surface area contributed by atoms with Crippen molar-refractivity contribution in [2.24, 2.45) is 0 Å². The summed E-state index contributed by atoms with van der Waals surface area (Å²) in [4.78, 5) is 13.7. The first kappa shape index (κ1) is 10.9. The number of anilines is 1. The summed E-state index contributed by atoms with van der Waals surface area (Å²) in [5.41, 5.74) is 6.61. The van der Waals surface area contributed by atoms with Crippen molar-refractivity contribution in [3.63, 3.8) is 0 Å². The summed E-state index contributed by atoms with van der Waals surface area (Å²) in [7, 11) is 1.63. The zero-order chi connectivity index (χ0) is 11.5. The molecule has 6 nitrogen and oxygen atoms in total. The van der Waals surface area contributed by atoms with Gasteiger partial charge in [-0.05, 0) is 0 Å². The van der Waals surface area contributed by atoms with E-state index in [1.165, 1.54) is 0 Å². The van der Waals surface area contributed by atoms with Crippen molar-refractivity contribution in [2.75, 3.05) is 32.5 Å². The quantitative estimate of drug-likeness (QED) is 0.751. The van der Waals surface area contributed by atoms with Gasteiger partial charge in [0.2, 0.25) is 5.91 Å². The Balaban J connectivity index is 2.07. The largest absolute Gasteiger partial charge is 0.383 e. The molecule has 0 atom stereocenters. The molecule has 1 amide bonds. The van der Waals surface area contributed by atoms with Gasteiger partial charge in [0.15, 0.2) is 0 Å². The zero-order valence-electron chi connectivity index (χ0n) is 9.35. The monoisotopic (exact) mass is 224 g/mol. The van der Waals surface area contributed by atoms with E-state index in [0.717, 1.165) is 12.1 Å². The van der Waals surface area contributed by atoms with Gasteiger partial charge in [0.1, 0.15) is 12.4 Å². The molecule has 0 aromatic carbocycles. The molecule has 0 aliphatic carbocycles. The highest BCUT2D eigenvalue weighted by Crippen LogP contribution is 2.12. The van der Waals surface area contributed by atoms with Crippen molar-refractivity contribution >= 4 is 11.7 Å². The van der Waals surface area contributed by atoms with E-state index in [0.29, 0.717) is 25.5 Å². The van der Waals surface area contributed by atoms with Gasteiger partial charge < -0.3 is 15.4 Å². The lowest BCUT2D eigenvalue weighted by Gasteiger charge is -2.19. The summed E-state index contributed by atoms with van der Waals surface area (Å²) in [6.45, 7) is 2.18. The van der Waals surface area contributed by atoms with E-state index >= 15 is 0 Å². The van der Waals surface area contributed by atoms with Crippen LogP contribution in [-0.4, -0.2) is 47.4 Å². The molecule has 0 unspecified atom stereocenters. The van der Waals surface area contributed by atoms with Crippen LogP contribution >= 0.6 is 0 Å². The molecule has 88 valence electrons. The third-order valence-corrected chi connectivity index (χ3v) is 2.72. The molecule has 0 fully saturated rings. The molecular weight excluding hydrogens is 208 g/mol. The molecule has 2 heterocycles. The number of carbonyl (C=O) groups excluding carboxylic acids is 1. The van der Waals surface area contributed by atoms with E-state index in [4.69, 9.17) is 10.5 Å². The van der Waals surface area contributed by atoms with Gasteiger partial charge in [0.05, 0.1) is 6.61 Å². The van der Waals surface area contributed by atoms with Crippen LogP contribution in [-0.2, 0) is 22.5 Å². The van der Waals surface area contributed by atoms with E-state index in [2.05, 4.69) is 5.10 Å². The number of rotatable bonds is 3. The second-order valence-electron chi connectivity index (χ2n) is 3.84. The van der Waals surface area contributed by atoms with Crippen LogP contribution in [0.1, 0.15) is 5.69 Å². The standard InChI is InChI=1S/C10H16N4O2/c1-16-5-4-13-3-2-8-6-9(11)12-14(8)7-10(13)15/h6H,2-5,7H2,1H3,(H2,11,12). The highest BCUT2D eigenvalue weighted by molar-refractivity contribution is 5.76. The first-order chi connectivity index (χ1) is 7.70. The molecule has 2 rings (SSSR count). The zero-order valence-corrected chi connectivity index (χ0v) is 9.35. The second-order valence-corrected chi connectivity index (χ2v) is 3.84. The predicted octanol–water partition coefficient (Wildman–Crippen LogP) is -0.504. The van der Waals surface area contributed by atoms with E-state index in [1.54, 1.807) is 16.7 Å². The summed E-state index contributed by atoms with van der Waals surface area (Å²) in [6.07, 6.45) is 0.791. The van der Waals surface area contributed by atoms with Gasteiger partial charge in [-0.2, -0.15) is 5.10 Å². The average molecular weight is 224 g/mol. The van der Waals surface area contributed by atoms with Gasteiger partial charge in [-0.1, -0.05) is 0 Å². The van der Waals surface area contributed by atoms with Gasteiger partial charge in [-0.15, -0.1) is 0 Å². The number of nitrogens with zero attached hydrogens (tertiary/aromatic N) is 3. The van der Waals surface area contributed by atoms with Gasteiger partial charge in [-0.3, -0.25) is 9.48 Å². The smallest absolute Gasteiger partial charge is 0.244 e. The maximum absolute atomic E-state index is 11.9. The van der Waals surface area contributed by atoms with Crippen LogP contribution in [0.5, 0.6) is 0 Å². The van der Waals surface area contributed by atoms with Crippen molar-refractivity contribution in [3.05, 3.63) is 11.8 Å². The number of hydrogen-bond donors (Lipinski definition) is 1. The molecule has 0 bridgehead atoms. The average Bonchev–Trinajstić information content (AvgIpc) is 2.52. The van der Waals surface area contributed by atoms with Crippen molar-refractivity contribution in [1.82, 2.24) is 14.7 Å². The first-order valence-electron chi connectivity index (χ1n) is 5.29. The minimum absolute atomic E-state index is 0.0684. The maximum Gasteiger partial charge on any atom is 0.244 e. The van der Waals surface area contributed by atoms with Gasteiger partial charge in [0, 0.05) is 38.4 Å². The predicted molar refractivity (Wildman–Crippen MR) is 58.8 cm³/mol. The summed E-state index contributed by atoms with van der Waals surface area (Å²) in [5.74, 6) is 0.548. The number of aromatic nitrogens is 2. The molecule has 0 saturated carbocycles. The van der Waals surface area contributed by atoms with Crippen molar-refractivity contribution < 1.29 is 9.53 Å². The van der Waals surface area contributed by atoms with E-state index < -0.39 is 0 Å². The SMILES string of the molecule is COCCN1CCc2cc(N)nn2CC1=O. The number of methoxy groups -OCH3 is 1. The van der Waals surface area contributed by atoms with Gasteiger partial charge in [0.25, 0.3) is 0 Å². The maximum atomic E-state index is 11.9. The number of hydrogen-bond acceptors (Lipinski definition) is 4. The number of carbonyl (C=O) groups is 1. The molecule has 1 aliphatic rings. The van der Waals surface area contributed by atoms with E-state index in [9.17, 15) is 4.79 Å². The van der Waals surface area contributed by atoms with Crippen LogP contribution in [0.15, 0.2) is 6.07 Å². The Morgan fingerprint density at radius 2 is 2.44 bits per heavy atom. The van der Waals surface area contributed by atoms with Gasteiger partial charge in [-0.25, -0.2) is 0 Å². The molecule has 0 spiro atoms. The second kappa shape index (κ2) is 4.52. The minimum atomic E-state index is 0.0684. The molecular formula is C10H16N4O2. The summed E-state index contributed by atoms with van der Waals surface area (Å²) >= 11 is 0. The van der Waals surface area contributed by atoms with E-state index in [1.807, 2.05) is 6.07 Å². The van der Waals surface area contributed by atoms with Gasteiger partial charge >= 0.3 is 0 Å². The number of nitrogen functional groups attached to an aromatic ring is 1. The minimum Gasteiger partial charge on any atom is -0.383 e. The Morgan fingerprint density at radius 1 is 1.62 bits per heavy atom. The molecule has 0 saturated heterocycles. The Kier molecular flexibility index (Phi) is 3.09. The molecule has 0 radical (unpaired) electrons. The molecule has 2 N–H and O–H groups in total. The number of nitrogens with two attached hydrogens (primary N) is 1. The highest BCUT2D eigenvalue weighted by atomic mass is 16.5. The summed E-state index contributed by atoms with van der Waals surface area (Å²) < 4.78 is 6.66. The lowest BCUT2D eigenvalue weighted by Crippen LogP contribution is -2.35. The van der Waals surface area contributed by atoms with Crippen molar-refractivity contribution in [3.8, 4) is 0 Å². The third kappa shape index (κ3) is 2.16. The lowest BCUT2D eigenvalue weighted by atomic mass is 10.3. The van der Waals surface area contributed by atoms with Crippen LogP contribution in [0, 0.1) is 0 Å². The fraction of sp³-hybridized carbons (Fsp3) is 0.600. The Hall–Kier alpha value is -1.56. The summed E-state index contributed by atoms with van der Waals surface area (Å²) in [6, 6.07) is 1.83. The van der Waals surface area contributed by atoms with Crippen LogP contribution in [0.25, 0.3) is 0 Å². The Bertz CT molecular complexity index is 388. The molecule has 1 aromatic rings. The third-order valence-electron chi connectivity index (χ3n) is 2.72. The molecule has 1 aliphatic heterocycles. The molecule has 6 heteroatoms. The highest BCUT2D eigenvalue weighted by Gasteiger charge is 2.20.